The lowest BCUT2D eigenvalue weighted by atomic mass is 9.88. The zero-order chi connectivity index (χ0) is 36.6. The second-order valence-corrected chi connectivity index (χ2v) is 16.2. The molecule has 0 radical (unpaired) electrons. The van der Waals surface area contributed by atoms with Crippen molar-refractivity contribution in [3.63, 3.8) is 0 Å². The van der Waals surface area contributed by atoms with E-state index >= 15 is 0 Å². The maximum Gasteiger partial charge on any atom is 0.410 e. The molecule has 12 nitrogen and oxygen atoms in total. The van der Waals surface area contributed by atoms with E-state index in [-0.39, 0.29) is 36.2 Å². The minimum atomic E-state index is -0.708. The van der Waals surface area contributed by atoms with Crippen molar-refractivity contribution in [3.8, 4) is 0 Å². The summed E-state index contributed by atoms with van der Waals surface area (Å²) in [5, 5.41) is 3.36. The zero-order valence-corrected chi connectivity index (χ0v) is 31.7. The first-order valence-electron chi connectivity index (χ1n) is 18.2. The number of ether oxygens (including phenoxy) is 2. The molecule has 4 heterocycles. The van der Waals surface area contributed by atoms with Crippen molar-refractivity contribution < 1.29 is 23.9 Å². The molecule has 4 rings (SSSR count). The van der Waals surface area contributed by atoms with E-state index in [1.165, 1.54) is 0 Å². The maximum atomic E-state index is 14.6. The van der Waals surface area contributed by atoms with Gasteiger partial charge in [0.1, 0.15) is 22.8 Å². The first kappa shape index (κ1) is 39.0. The molecule has 3 amide bonds. The van der Waals surface area contributed by atoms with Gasteiger partial charge in [-0.2, -0.15) is 0 Å². The lowest BCUT2D eigenvalue weighted by molar-refractivity contribution is -0.139. The van der Waals surface area contributed by atoms with Crippen LogP contribution in [0.2, 0.25) is 0 Å². The highest BCUT2D eigenvalue weighted by Crippen LogP contribution is 2.31. The van der Waals surface area contributed by atoms with Crippen LogP contribution in [0, 0.1) is 11.8 Å². The van der Waals surface area contributed by atoms with Gasteiger partial charge in [-0.1, -0.05) is 40.7 Å². The number of carbonyl (C=O) groups excluding carboxylic acids is 3. The van der Waals surface area contributed by atoms with Crippen molar-refractivity contribution in [2.75, 3.05) is 58.3 Å². The van der Waals surface area contributed by atoms with Crippen LogP contribution in [0.1, 0.15) is 109 Å². The van der Waals surface area contributed by atoms with Gasteiger partial charge in [-0.25, -0.2) is 14.8 Å². The van der Waals surface area contributed by atoms with Crippen LogP contribution in [-0.4, -0.2) is 112 Å². The monoisotopic (exact) mass is 693 g/mol. The van der Waals surface area contributed by atoms with Gasteiger partial charge >= 0.3 is 6.09 Å². The molecule has 0 bridgehead atoms. The van der Waals surface area contributed by atoms with Crippen LogP contribution in [-0.2, 0) is 19.7 Å². The van der Waals surface area contributed by atoms with E-state index in [2.05, 4.69) is 35.2 Å². The Morgan fingerprint density at radius 1 is 1.02 bits per heavy atom. The highest BCUT2D eigenvalue weighted by molar-refractivity contribution is 5.98. The highest BCUT2D eigenvalue weighted by atomic mass is 16.6. The number of rotatable bonds is 11. The SMILES string of the molecule is COCCCNc1nc(C(C)(C)C)ncc1C(=O)N(CC(C)C)[C@H]1C[C@@H](C(=O)N2CCC(c3ccccn3)CC2)CN(C(=O)OC(C)(C)C)C1. The summed E-state index contributed by atoms with van der Waals surface area (Å²) in [6.07, 6.45) is 5.79. The Balaban J connectivity index is 1.63. The summed E-state index contributed by atoms with van der Waals surface area (Å²) in [5.41, 5.74) is 0.396. The van der Waals surface area contributed by atoms with E-state index < -0.39 is 23.7 Å². The van der Waals surface area contributed by atoms with Crippen LogP contribution in [0.25, 0.3) is 0 Å². The van der Waals surface area contributed by atoms with Crippen molar-refractivity contribution in [2.45, 2.75) is 104 Å². The third-order valence-electron chi connectivity index (χ3n) is 9.11. The lowest BCUT2D eigenvalue weighted by Crippen LogP contribution is -2.58. The van der Waals surface area contributed by atoms with Crippen molar-refractivity contribution in [2.24, 2.45) is 11.8 Å². The largest absolute Gasteiger partial charge is 0.444 e. The van der Waals surface area contributed by atoms with Crippen molar-refractivity contribution in [3.05, 3.63) is 47.7 Å². The third-order valence-corrected chi connectivity index (χ3v) is 9.11. The van der Waals surface area contributed by atoms with Gasteiger partial charge in [-0.05, 0) is 64.5 Å². The number of hydrogen-bond acceptors (Lipinski definition) is 9. The van der Waals surface area contributed by atoms with E-state index in [1.807, 2.05) is 69.7 Å². The Kier molecular flexibility index (Phi) is 13.2. The van der Waals surface area contributed by atoms with Crippen LogP contribution >= 0.6 is 0 Å². The summed E-state index contributed by atoms with van der Waals surface area (Å²) < 4.78 is 11.0. The molecular formula is C38H59N7O5. The predicted molar refractivity (Wildman–Crippen MR) is 194 cm³/mol. The van der Waals surface area contributed by atoms with Gasteiger partial charge in [0.15, 0.2) is 0 Å². The number of anilines is 1. The average Bonchev–Trinajstić information content (AvgIpc) is 3.07. The number of pyridine rings is 1. The van der Waals surface area contributed by atoms with Crippen LogP contribution in [0.5, 0.6) is 0 Å². The smallest absolute Gasteiger partial charge is 0.410 e. The average molecular weight is 694 g/mol. The maximum absolute atomic E-state index is 14.6. The molecule has 50 heavy (non-hydrogen) atoms. The lowest BCUT2D eigenvalue weighted by Gasteiger charge is -2.44. The quantitative estimate of drug-likeness (QED) is 0.293. The molecule has 2 aliphatic heterocycles. The molecule has 2 aromatic rings. The fourth-order valence-corrected chi connectivity index (χ4v) is 6.63. The number of carbonyl (C=O) groups is 3. The number of nitrogens with zero attached hydrogens (tertiary/aromatic N) is 6. The molecule has 276 valence electrons. The molecule has 2 aromatic heterocycles. The summed E-state index contributed by atoms with van der Waals surface area (Å²) in [4.78, 5) is 61.8. The zero-order valence-electron chi connectivity index (χ0n) is 31.7. The molecule has 2 saturated heterocycles. The summed E-state index contributed by atoms with van der Waals surface area (Å²) in [6, 6.07) is 5.55. The molecule has 0 unspecified atom stereocenters. The molecule has 0 aromatic carbocycles. The first-order valence-corrected chi connectivity index (χ1v) is 18.2. The van der Waals surface area contributed by atoms with Crippen LogP contribution in [0.3, 0.4) is 0 Å². The van der Waals surface area contributed by atoms with Crippen molar-refractivity contribution in [1.82, 2.24) is 29.7 Å². The Hall–Kier alpha value is -3.80. The molecule has 2 atom stereocenters. The fraction of sp³-hybridized carbons (Fsp3) is 0.684. The van der Waals surface area contributed by atoms with Gasteiger partial charge < -0.3 is 29.5 Å². The molecule has 2 fully saturated rings. The Morgan fingerprint density at radius 3 is 2.34 bits per heavy atom. The summed E-state index contributed by atoms with van der Waals surface area (Å²) >= 11 is 0. The molecule has 12 heteroatoms. The molecule has 1 N–H and O–H groups in total. The number of nitrogens with one attached hydrogen (secondary N) is 1. The summed E-state index contributed by atoms with van der Waals surface area (Å²) in [5.74, 6) is 0.837. The highest BCUT2D eigenvalue weighted by Gasteiger charge is 2.42. The van der Waals surface area contributed by atoms with E-state index in [0.717, 1.165) is 25.0 Å². The van der Waals surface area contributed by atoms with E-state index in [1.54, 1.807) is 18.2 Å². The minimum Gasteiger partial charge on any atom is -0.444 e. The van der Waals surface area contributed by atoms with Gasteiger partial charge in [0.2, 0.25) is 5.91 Å². The Morgan fingerprint density at radius 2 is 1.74 bits per heavy atom. The molecule has 0 aliphatic carbocycles. The second-order valence-electron chi connectivity index (χ2n) is 16.2. The first-order chi connectivity index (χ1) is 23.6. The Labute approximate surface area is 298 Å². The fourth-order valence-electron chi connectivity index (χ4n) is 6.63. The standard InChI is InChI=1S/C38H59N7O5/c1-26(2)23-45(34(47)30-22-41-35(37(3,4)5)42-32(30)40-17-12-20-49-9)29-21-28(24-44(25-29)36(48)50-38(6,7)8)33(46)43-18-14-27(15-19-43)31-13-10-11-16-39-31/h10-11,13,16,22,26-29H,12,14-15,17-21,23-25H2,1-9H3,(H,40,41,42)/t28-,29+/m1/s1. The number of amides is 3. The number of likely N-dealkylation sites (tertiary alicyclic amines) is 2. The molecular weight excluding hydrogens is 634 g/mol. The Bertz CT molecular complexity index is 1430. The van der Waals surface area contributed by atoms with Crippen molar-refractivity contribution in [1.29, 1.82) is 0 Å². The van der Waals surface area contributed by atoms with E-state index in [9.17, 15) is 14.4 Å². The predicted octanol–water partition coefficient (Wildman–Crippen LogP) is 5.75. The van der Waals surface area contributed by atoms with Gasteiger partial charge in [0.25, 0.3) is 5.91 Å². The number of piperidine rings is 2. The molecule has 0 saturated carbocycles. The second kappa shape index (κ2) is 16.9. The van der Waals surface area contributed by atoms with Gasteiger partial charge in [0.05, 0.1) is 12.0 Å². The van der Waals surface area contributed by atoms with Gasteiger partial charge in [-0.15, -0.1) is 0 Å². The third kappa shape index (κ3) is 10.6. The molecule has 2 aliphatic rings. The number of methoxy groups -OCH3 is 1. The van der Waals surface area contributed by atoms with Crippen LogP contribution in [0.4, 0.5) is 10.6 Å². The van der Waals surface area contributed by atoms with Gasteiger partial charge in [0, 0.05) is 82.4 Å². The summed E-state index contributed by atoms with van der Waals surface area (Å²) in [6.45, 7) is 19.1. The minimum absolute atomic E-state index is 0.0121. The number of hydrogen-bond donors (Lipinski definition) is 1. The molecule has 0 spiro atoms. The van der Waals surface area contributed by atoms with Crippen molar-refractivity contribution >= 4 is 23.7 Å². The van der Waals surface area contributed by atoms with Crippen LogP contribution < -0.4 is 5.32 Å². The van der Waals surface area contributed by atoms with E-state index in [0.29, 0.717) is 62.3 Å². The normalized spacial score (nSPS) is 19.0. The topological polar surface area (TPSA) is 130 Å². The summed E-state index contributed by atoms with van der Waals surface area (Å²) in [7, 11) is 1.66. The van der Waals surface area contributed by atoms with Crippen LogP contribution in [0.15, 0.2) is 30.6 Å². The van der Waals surface area contributed by atoms with Gasteiger partial charge in [-0.3, -0.25) is 14.6 Å². The van der Waals surface area contributed by atoms with E-state index in [4.69, 9.17) is 14.5 Å². The number of aromatic nitrogens is 3.